The molecule has 1 heterocycles. The van der Waals surface area contributed by atoms with Crippen molar-refractivity contribution in [1.82, 2.24) is 5.43 Å². The third-order valence-corrected chi connectivity index (χ3v) is 3.77. The number of hydrazone groups is 1. The van der Waals surface area contributed by atoms with E-state index in [1.807, 2.05) is 0 Å². The number of para-hydroxylation sites is 1. The Morgan fingerprint density at radius 2 is 2.04 bits per heavy atom. The summed E-state index contributed by atoms with van der Waals surface area (Å²) in [6.07, 6.45) is 2.47. The number of carbonyl (C=O) groups is 1. The van der Waals surface area contributed by atoms with Crippen LogP contribution in [0.1, 0.15) is 15.9 Å². The highest BCUT2D eigenvalue weighted by Gasteiger charge is 2.11. The zero-order valence-corrected chi connectivity index (χ0v) is 13.8. The lowest BCUT2D eigenvalue weighted by molar-refractivity contribution is 0.0952. The van der Waals surface area contributed by atoms with Gasteiger partial charge in [0.2, 0.25) is 5.43 Å². The third-order valence-electron chi connectivity index (χ3n) is 3.28. The molecule has 0 fully saturated rings. The van der Waals surface area contributed by atoms with Gasteiger partial charge in [-0.05, 0) is 30.3 Å². The summed E-state index contributed by atoms with van der Waals surface area (Å²) in [7, 11) is 0. The molecule has 0 bridgehead atoms. The van der Waals surface area contributed by atoms with E-state index in [0.29, 0.717) is 15.4 Å². The molecule has 1 aromatic heterocycles. The van der Waals surface area contributed by atoms with Crippen molar-refractivity contribution in [3.05, 3.63) is 74.6 Å². The number of aromatic hydroxyl groups is 1. The van der Waals surface area contributed by atoms with Gasteiger partial charge in [-0.2, -0.15) is 5.10 Å². The number of nitrogens with one attached hydrogen (secondary N) is 1. The highest BCUT2D eigenvalue weighted by molar-refractivity contribution is 9.10. The molecule has 0 spiro atoms. The standard InChI is InChI=1S/C17H11BrN2O4/c18-11-5-6-14(21)13(7-11)17(23)20-19-8-10-9-24-15-4-2-1-3-12(15)16(10)22/h1-9,21H,(H,20,23)/b19-8-. The zero-order chi connectivity index (χ0) is 17.1. The number of hydrogen-bond donors (Lipinski definition) is 2. The van der Waals surface area contributed by atoms with Gasteiger partial charge < -0.3 is 9.52 Å². The Kier molecular flexibility index (Phi) is 4.43. The summed E-state index contributed by atoms with van der Waals surface area (Å²) >= 11 is 3.22. The molecular formula is C17H11BrN2O4. The van der Waals surface area contributed by atoms with Crippen LogP contribution in [0.4, 0.5) is 0 Å². The largest absolute Gasteiger partial charge is 0.507 e. The molecule has 0 saturated heterocycles. The quantitative estimate of drug-likeness (QED) is 0.534. The fourth-order valence-corrected chi connectivity index (χ4v) is 2.45. The summed E-state index contributed by atoms with van der Waals surface area (Å²) in [6.45, 7) is 0. The van der Waals surface area contributed by atoms with Gasteiger partial charge in [0.05, 0.1) is 22.7 Å². The number of benzene rings is 2. The van der Waals surface area contributed by atoms with Crippen LogP contribution in [0.3, 0.4) is 0 Å². The third kappa shape index (κ3) is 3.21. The van der Waals surface area contributed by atoms with Crippen LogP contribution in [-0.2, 0) is 0 Å². The van der Waals surface area contributed by atoms with E-state index >= 15 is 0 Å². The van der Waals surface area contributed by atoms with Crippen LogP contribution in [0.5, 0.6) is 5.75 Å². The van der Waals surface area contributed by atoms with Gasteiger partial charge in [-0.25, -0.2) is 5.43 Å². The Morgan fingerprint density at radius 1 is 1.25 bits per heavy atom. The molecule has 0 saturated carbocycles. The topological polar surface area (TPSA) is 91.9 Å². The lowest BCUT2D eigenvalue weighted by atomic mass is 10.2. The van der Waals surface area contributed by atoms with Gasteiger partial charge in [0.15, 0.2) is 0 Å². The van der Waals surface area contributed by atoms with Crippen molar-refractivity contribution in [2.45, 2.75) is 0 Å². The maximum Gasteiger partial charge on any atom is 0.275 e. The minimum Gasteiger partial charge on any atom is -0.507 e. The van der Waals surface area contributed by atoms with Crippen molar-refractivity contribution in [2.75, 3.05) is 0 Å². The van der Waals surface area contributed by atoms with Gasteiger partial charge in [0.1, 0.15) is 17.6 Å². The second-order valence-corrected chi connectivity index (χ2v) is 5.79. The van der Waals surface area contributed by atoms with Crippen LogP contribution in [0.25, 0.3) is 11.0 Å². The van der Waals surface area contributed by atoms with Gasteiger partial charge in [-0.1, -0.05) is 28.1 Å². The van der Waals surface area contributed by atoms with Crippen molar-refractivity contribution in [2.24, 2.45) is 5.10 Å². The average molecular weight is 387 g/mol. The van der Waals surface area contributed by atoms with Gasteiger partial charge in [-0.3, -0.25) is 9.59 Å². The normalized spacial score (nSPS) is 11.0. The molecule has 0 unspecified atom stereocenters. The molecule has 6 nitrogen and oxygen atoms in total. The molecule has 3 aromatic rings. The minimum atomic E-state index is -0.602. The maximum atomic E-state index is 12.3. The molecular weight excluding hydrogens is 376 g/mol. The van der Waals surface area contributed by atoms with E-state index in [2.05, 4.69) is 26.5 Å². The summed E-state index contributed by atoms with van der Waals surface area (Å²) in [5.74, 6) is -0.772. The van der Waals surface area contributed by atoms with Crippen LogP contribution in [-0.4, -0.2) is 17.2 Å². The van der Waals surface area contributed by atoms with E-state index in [-0.39, 0.29) is 22.3 Å². The highest BCUT2D eigenvalue weighted by atomic mass is 79.9. The molecule has 0 aliphatic carbocycles. The van der Waals surface area contributed by atoms with E-state index in [9.17, 15) is 14.7 Å². The molecule has 0 atom stereocenters. The van der Waals surface area contributed by atoms with Crippen LogP contribution in [0.15, 0.2) is 67.5 Å². The molecule has 3 rings (SSSR count). The molecule has 120 valence electrons. The molecule has 0 aliphatic heterocycles. The summed E-state index contributed by atoms with van der Waals surface area (Å²) in [5.41, 5.74) is 2.75. The SMILES string of the molecule is O=C(N/N=C\c1coc2ccccc2c1=O)c1cc(Br)ccc1O. The van der Waals surface area contributed by atoms with E-state index in [1.54, 1.807) is 30.3 Å². The Balaban J connectivity index is 1.82. The number of nitrogens with zero attached hydrogens (tertiary/aromatic N) is 1. The Hall–Kier alpha value is -2.93. The van der Waals surface area contributed by atoms with E-state index < -0.39 is 5.91 Å². The first-order chi connectivity index (χ1) is 11.6. The molecule has 24 heavy (non-hydrogen) atoms. The predicted molar refractivity (Wildman–Crippen MR) is 93.4 cm³/mol. The summed E-state index contributed by atoms with van der Waals surface area (Å²) in [4.78, 5) is 24.3. The second-order valence-electron chi connectivity index (χ2n) is 4.88. The number of phenols is 1. The van der Waals surface area contributed by atoms with E-state index in [1.165, 1.54) is 24.6 Å². The van der Waals surface area contributed by atoms with Crippen molar-refractivity contribution < 1.29 is 14.3 Å². The van der Waals surface area contributed by atoms with Crippen molar-refractivity contribution in [3.8, 4) is 5.75 Å². The predicted octanol–water partition coefficient (Wildman–Crippen LogP) is 3.03. The van der Waals surface area contributed by atoms with Crippen molar-refractivity contribution >= 4 is 39.0 Å². The summed E-state index contributed by atoms with van der Waals surface area (Å²) < 4.78 is 5.99. The lowest BCUT2D eigenvalue weighted by Gasteiger charge is -2.03. The fraction of sp³-hybridized carbons (Fsp3) is 0. The Bertz CT molecular complexity index is 1010. The van der Waals surface area contributed by atoms with Gasteiger partial charge in [-0.15, -0.1) is 0 Å². The maximum absolute atomic E-state index is 12.3. The molecule has 2 N–H and O–H groups in total. The molecule has 2 aromatic carbocycles. The summed E-state index contributed by atoms with van der Waals surface area (Å²) in [5, 5.41) is 13.9. The molecule has 0 radical (unpaired) electrons. The first-order valence-electron chi connectivity index (χ1n) is 6.89. The number of hydrogen-bond acceptors (Lipinski definition) is 5. The monoisotopic (exact) mass is 386 g/mol. The van der Waals surface area contributed by atoms with E-state index in [0.717, 1.165) is 0 Å². The Labute approximate surface area is 144 Å². The smallest absolute Gasteiger partial charge is 0.275 e. The molecule has 0 aliphatic rings. The first kappa shape index (κ1) is 15.9. The van der Waals surface area contributed by atoms with Gasteiger partial charge in [0.25, 0.3) is 5.91 Å². The lowest BCUT2D eigenvalue weighted by Crippen LogP contribution is -2.18. The van der Waals surface area contributed by atoms with Crippen LogP contribution < -0.4 is 10.9 Å². The number of halogens is 1. The second kappa shape index (κ2) is 6.67. The van der Waals surface area contributed by atoms with Crippen molar-refractivity contribution in [3.63, 3.8) is 0 Å². The van der Waals surface area contributed by atoms with Gasteiger partial charge in [0, 0.05) is 4.47 Å². The number of amides is 1. The van der Waals surface area contributed by atoms with Crippen LogP contribution in [0.2, 0.25) is 0 Å². The first-order valence-corrected chi connectivity index (χ1v) is 7.68. The molecule has 7 heteroatoms. The number of rotatable bonds is 3. The van der Waals surface area contributed by atoms with Crippen LogP contribution >= 0.6 is 15.9 Å². The van der Waals surface area contributed by atoms with E-state index in [4.69, 9.17) is 4.42 Å². The molecule has 1 amide bonds. The van der Waals surface area contributed by atoms with Crippen LogP contribution in [0, 0.1) is 0 Å². The number of fused-ring (bicyclic) bond motifs is 1. The Morgan fingerprint density at radius 3 is 2.88 bits per heavy atom. The summed E-state index contributed by atoms with van der Waals surface area (Å²) in [6, 6.07) is 11.3. The minimum absolute atomic E-state index is 0.0621. The fourth-order valence-electron chi connectivity index (χ4n) is 2.09. The number of phenolic OH excluding ortho intramolecular Hbond substituents is 1. The average Bonchev–Trinajstić information content (AvgIpc) is 2.59. The van der Waals surface area contributed by atoms with Crippen molar-refractivity contribution in [1.29, 1.82) is 0 Å². The highest BCUT2D eigenvalue weighted by Crippen LogP contribution is 2.21. The zero-order valence-electron chi connectivity index (χ0n) is 12.2. The number of carbonyl (C=O) groups excluding carboxylic acids is 1. The van der Waals surface area contributed by atoms with Gasteiger partial charge >= 0.3 is 0 Å².